The van der Waals surface area contributed by atoms with Gasteiger partial charge in [-0.15, -0.1) is 0 Å². The Morgan fingerprint density at radius 2 is 2.16 bits per heavy atom. The van der Waals surface area contributed by atoms with Gasteiger partial charge in [0.15, 0.2) is 0 Å². The summed E-state index contributed by atoms with van der Waals surface area (Å²) in [5.74, 6) is -0.200. The number of rotatable bonds is 5. The minimum Gasteiger partial charge on any atom is -0.350 e. The van der Waals surface area contributed by atoms with Crippen molar-refractivity contribution in [2.75, 3.05) is 0 Å². The number of aromatic nitrogens is 1. The number of pyridine rings is 1. The molecule has 1 N–H and O–H groups in total. The predicted octanol–water partition coefficient (Wildman–Crippen LogP) is 3.20. The van der Waals surface area contributed by atoms with E-state index in [2.05, 4.69) is 10.3 Å². The normalized spacial score (nSPS) is 17.0. The van der Waals surface area contributed by atoms with Crippen LogP contribution in [0.5, 0.6) is 0 Å². The van der Waals surface area contributed by atoms with E-state index in [1.54, 1.807) is 35.5 Å². The van der Waals surface area contributed by atoms with E-state index in [4.69, 9.17) is 23.2 Å². The summed E-state index contributed by atoms with van der Waals surface area (Å²) in [6.07, 6.45) is 4.27. The maximum absolute atomic E-state index is 12.6. The molecule has 0 saturated carbocycles. The summed E-state index contributed by atoms with van der Waals surface area (Å²) in [6.45, 7) is 0.673. The molecule has 2 heterocycles. The van der Waals surface area contributed by atoms with E-state index in [1.165, 1.54) is 0 Å². The van der Waals surface area contributed by atoms with Crippen LogP contribution in [-0.4, -0.2) is 27.7 Å². The average molecular weight is 378 g/mol. The SMILES string of the molecule is O=C(NCc1ccc(Cl)cc1Cl)[C@H]1CCC(=O)N1Cc1cccnc1. The molecule has 25 heavy (non-hydrogen) atoms. The van der Waals surface area contributed by atoms with Gasteiger partial charge in [0.1, 0.15) is 6.04 Å². The number of nitrogens with zero attached hydrogens (tertiary/aromatic N) is 2. The van der Waals surface area contributed by atoms with Crippen LogP contribution in [0.4, 0.5) is 0 Å². The molecule has 1 fully saturated rings. The number of hydrogen-bond acceptors (Lipinski definition) is 3. The van der Waals surface area contributed by atoms with Crippen LogP contribution >= 0.6 is 23.2 Å². The van der Waals surface area contributed by atoms with E-state index in [9.17, 15) is 9.59 Å². The summed E-state index contributed by atoms with van der Waals surface area (Å²) in [5, 5.41) is 3.91. The molecule has 2 aromatic rings. The van der Waals surface area contributed by atoms with Gasteiger partial charge in [0.2, 0.25) is 11.8 Å². The Kier molecular flexibility index (Phi) is 5.56. The fraction of sp³-hybridized carbons (Fsp3) is 0.278. The second kappa shape index (κ2) is 7.85. The van der Waals surface area contributed by atoms with Crippen LogP contribution in [0, 0.1) is 0 Å². The van der Waals surface area contributed by atoms with Crippen molar-refractivity contribution in [2.24, 2.45) is 0 Å². The molecular formula is C18H17Cl2N3O2. The molecule has 1 atom stereocenters. The molecule has 1 aromatic carbocycles. The van der Waals surface area contributed by atoms with Crippen LogP contribution in [-0.2, 0) is 22.7 Å². The summed E-state index contributed by atoms with van der Waals surface area (Å²) in [6, 6.07) is 8.37. The van der Waals surface area contributed by atoms with Crippen LogP contribution in [0.1, 0.15) is 24.0 Å². The van der Waals surface area contributed by atoms with E-state index in [-0.39, 0.29) is 11.8 Å². The minimum absolute atomic E-state index is 0.0199. The van der Waals surface area contributed by atoms with Gasteiger partial charge in [-0.3, -0.25) is 14.6 Å². The van der Waals surface area contributed by atoms with Crippen LogP contribution < -0.4 is 5.32 Å². The Balaban J connectivity index is 1.64. The number of halogens is 2. The first kappa shape index (κ1) is 17.7. The Bertz CT molecular complexity index is 783. The summed E-state index contributed by atoms with van der Waals surface area (Å²) in [4.78, 5) is 30.4. The number of amides is 2. The first-order valence-electron chi connectivity index (χ1n) is 7.94. The molecule has 1 aromatic heterocycles. The zero-order valence-electron chi connectivity index (χ0n) is 13.4. The van der Waals surface area contributed by atoms with Crippen LogP contribution in [0.25, 0.3) is 0 Å². The standard InChI is InChI=1S/C18H17Cl2N3O2/c19-14-4-3-13(15(20)8-14)10-22-18(25)16-5-6-17(24)23(16)11-12-2-1-7-21-9-12/h1-4,7-9,16H,5-6,10-11H2,(H,22,25)/t16-/m1/s1. The van der Waals surface area contributed by atoms with E-state index < -0.39 is 6.04 Å². The second-order valence-electron chi connectivity index (χ2n) is 5.89. The summed E-state index contributed by atoms with van der Waals surface area (Å²) in [5.41, 5.74) is 1.68. The van der Waals surface area contributed by atoms with E-state index >= 15 is 0 Å². The molecule has 3 rings (SSSR count). The van der Waals surface area contributed by atoms with Gasteiger partial charge in [-0.1, -0.05) is 35.3 Å². The van der Waals surface area contributed by atoms with Crippen molar-refractivity contribution in [1.82, 2.24) is 15.2 Å². The number of carbonyl (C=O) groups is 2. The molecular weight excluding hydrogens is 361 g/mol. The van der Waals surface area contributed by atoms with Crippen molar-refractivity contribution in [3.8, 4) is 0 Å². The van der Waals surface area contributed by atoms with Gasteiger partial charge in [-0.05, 0) is 35.7 Å². The summed E-state index contributed by atoms with van der Waals surface area (Å²) >= 11 is 12.0. The molecule has 2 amide bonds. The van der Waals surface area contributed by atoms with Crippen molar-refractivity contribution in [3.05, 3.63) is 63.9 Å². The molecule has 5 nitrogen and oxygen atoms in total. The molecule has 0 bridgehead atoms. The van der Waals surface area contributed by atoms with E-state index in [1.807, 2.05) is 12.1 Å². The van der Waals surface area contributed by atoms with Crippen molar-refractivity contribution in [3.63, 3.8) is 0 Å². The summed E-state index contributed by atoms with van der Waals surface area (Å²) in [7, 11) is 0. The Hall–Kier alpha value is -2.11. The molecule has 0 aliphatic carbocycles. The third kappa shape index (κ3) is 4.30. The van der Waals surface area contributed by atoms with Crippen molar-refractivity contribution in [1.29, 1.82) is 0 Å². The molecule has 0 unspecified atom stereocenters. The fourth-order valence-corrected chi connectivity index (χ4v) is 3.33. The Morgan fingerprint density at radius 1 is 1.32 bits per heavy atom. The monoisotopic (exact) mass is 377 g/mol. The van der Waals surface area contributed by atoms with Crippen LogP contribution in [0.15, 0.2) is 42.7 Å². The zero-order valence-corrected chi connectivity index (χ0v) is 14.9. The zero-order chi connectivity index (χ0) is 17.8. The number of likely N-dealkylation sites (tertiary alicyclic amines) is 1. The topological polar surface area (TPSA) is 62.3 Å². The van der Waals surface area contributed by atoms with Crippen LogP contribution in [0.3, 0.4) is 0 Å². The molecule has 0 spiro atoms. The van der Waals surface area contributed by atoms with Gasteiger partial charge in [-0.25, -0.2) is 0 Å². The fourth-order valence-electron chi connectivity index (χ4n) is 2.86. The van der Waals surface area contributed by atoms with E-state index in [0.29, 0.717) is 36.0 Å². The highest BCUT2D eigenvalue weighted by Gasteiger charge is 2.35. The average Bonchev–Trinajstić information content (AvgIpc) is 2.96. The lowest BCUT2D eigenvalue weighted by Gasteiger charge is -2.24. The number of carbonyl (C=O) groups excluding carboxylic acids is 2. The molecule has 1 saturated heterocycles. The Morgan fingerprint density at radius 3 is 2.88 bits per heavy atom. The molecule has 1 aliphatic heterocycles. The highest BCUT2D eigenvalue weighted by molar-refractivity contribution is 6.35. The maximum atomic E-state index is 12.6. The predicted molar refractivity (Wildman–Crippen MR) is 96.1 cm³/mol. The Labute approximate surface area is 155 Å². The largest absolute Gasteiger partial charge is 0.350 e. The first-order valence-corrected chi connectivity index (χ1v) is 8.70. The van der Waals surface area contributed by atoms with E-state index in [0.717, 1.165) is 11.1 Å². The lowest BCUT2D eigenvalue weighted by molar-refractivity contribution is -0.135. The number of nitrogens with one attached hydrogen (secondary N) is 1. The maximum Gasteiger partial charge on any atom is 0.243 e. The highest BCUT2D eigenvalue weighted by atomic mass is 35.5. The lowest BCUT2D eigenvalue weighted by atomic mass is 10.1. The quantitative estimate of drug-likeness (QED) is 0.869. The molecule has 1 aliphatic rings. The smallest absolute Gasteiger partial charge is 0.243 e. The van der Waals surface area contributed by atoms with Gasteiger partial charge < -0.3 is 10.2 Å². The first-order chi connectivity index (χ1) is 12.0. The molecule has 7 heteroatoms. The second-order valence-corrected chi connectivity index (χ2v) is 6.73. The van der Waals surface area contributed by atoms with Gasteiger partial charge >= 0.3 is 0 Å². The van der Waals surface area contributed by atoms with Gasteiger partial charge in [0.25, 0.3) is 0 Å². The summed E-state index contributed by atoms with van der Waals surface area (Å²) < 4.78 is 0. The van der Waals surface area contributed by atoms with Crippen molar-refractivity contribution in [2.45, 2.75) is 32.0 Å². The van der Waals surface area contributed by atoms with Crippen molar-refractivity contribution < 1.29 is 9.59 Å². The third-order valence-electron chi connectivity index (χ3n) is 4.17. The molecule has 130 valence electrons. The van der Waals surface area contributed by atoms with Gasteiger partial charge in [0.05, 0.1) is 0 Å². The van der Waals surface area contributed by atoms with Gasteiger partial charge in [-0.2, -0.15) is 0 Å². The van der Waals surface area contributed by atoms with Gasteiger partial charge in [0, 0.05) is 41.9 Å². The number of hydrogen-bond donors (Lipinski definition) is 1. The van der Waals surface area contributed by atoms with Crippen LogP contribution in [0.2, 0.25) is 10.0 Å². The van der Waals surface area contributed by atoms with Crippen molar-refractivity contribution >= 4 is 35.0 Å². The number of benzene rings is 1. The molecule has 0 radical (unpaired) electrons. The third-order valence-corrected chi connectivity index (χ3v) is 4.76. The lowest BCUT2D eigenvalue weighted by Crippen LogP contribution is -2.44. The highest BCUT2D eigenvalue weighted by Crippen LogP contribution is 2.23. The minimum atomic E-state index is -0.473.